The number of rotatable bonds is 7. The molecule has 2 aromatic heterocycles. The Morgan fingerprint density at radius 1 is 1.50 bits per heavy atom. The molecule has 0 unspecified atom stereocenters. The molecular weight excluding hydrogens is 326 g/mol. The van der Waals surface area contributed by atoms with Gasteiger partial charge < -0.3 is 14.2 Å². The molecule has 0 radical (unpaired) electrons. The topological polar surface area (TPSA) is 73.1 Å². The third-order valence-corrected chi connectivity index (χ3v) is 4.89. The smallest absolute Gasteiger partial charge is 0.233 e. The average Bonchev–Trinajstić information content (AvgIpc) is 3.25. The molecule has 0 aliphatic carbocycles. The van der Waals surface area contributed by atoms with E-state index in [9.17, 15) is 4.79 Å². The number of aryl methyl sites for hydroxylation is 1. The van der Waals surface area contributed by atoms with Gasteiger partial charge in [-0.25, -0.2) is 0 Å². The molecule has 7 nitrogen and oxygen atoms in total. The van der Waals surface area contributed by atoms with Crippen molar-refractivity contribution in [3.8, 4) is 0 Å². The summed E-state index contributed by atoms with van der Waals surface area (Å²) in [6, 6.07) is 5.75. The first-order chi connectivity index (χ1) is 11.7. The lowest BCUT2D eigenvalue weighted by molar-refractivity contribution is -0.130. The number of amides is 1. The van der Waals surface area contributed by atoms with Gasteiger partial charge in [0.15, 0.2) is 5.16 Å². The summed E-state index contributed by atoms with van der Waals surface area (Å²) in [5.41, 5.74) is 0.882. The van der Waals surface area contributed by atoms with Crippen molar-refractivity contribution in [1.82, 2.24) is 24.6 Å². The Morgan fingerprint density at radius 3 is 3.08 bits per heavy atom. The van der Waals surface area contributed by atoms with Crippen LogP contribution < -0.4 is 0 Å². The largest absolute Gasteiger partial charge is 0.376 e. The van der Waals surface area contributed by atoms with E-state index in [1.54, 1.807) is 17.1 Å². The number of nitrogens with zero attached hydrogens (tertiary/aromatic N) is 5. The molecule has 1 amide bonds. The molecule has 1 fully saturated rings. The van der Waals surface area contributed by atoms with E-state index in [4.69, 9.17) is 4.74 Å². The number of aromatic nitrogens is 4. The van der Waals surface area contributed by atoms with E-state index < -0.39 is 0 Å². The standard InChI is InChI=1S/C16H21N5O2S/c1-20-12-18-19-16(20)24-11-15(22)21(10-14-6-4-8-23-14)9-13-5-2-3-7-17-13/h2-3,5,7,12,14H,4,6,8-11H2,1H3/t14-/m1/s1. The number of hydrogen-bond donors (Lipinski definition) is 0. The Bertz CT molecular complexity index is 657. The highest BCUT2D eigenvalue weighted by molar-refractivity contribution is 7.99. The van der Waals surface area contributed by atoms with Crippen LogP contribution in [-0.4, -0.2) is 55.6 Å². The number of ether oxygens (including phenoxy) is 1. The molecule has 3 rings (SSSR count). The van der Waals surface area contributed by atoms with E-state index in [0.29, 0.717) is 18.8 Å². The van der Waals surface area contributed by atoms with Crippen LogP contribution in [0.2, 0.25) is 0 Å². The lowest BCUT2D eigenvalue weighted by atomic mass is 10.2. The van der Waals surface area contributed by atoms with Crippen molar-refractivity contribution >= 4 is 17.7 Å². The second-order valence-electron chi connectivity index (χ2n) is 5.74. The van der Waals surface area contributed by atoms with Crippen molar-refractivity contribution in [2.75, 3.05) is 18.9 Å². The average molecular weight is 347 g/mol. The van der Waals surface area contributed by atoms with Gasteiger partial charge in [-0.05, 0) is 25.0 Å². The normalized spacial score (nSPS) is 17.1. The summed E-state index contributed by atoms with van der Waals surface area (Å²) in [5.74, 6) is 0.385. The van der Waals surface area contributed by atoms with Crippen LogP contribution in [0.1, 0.15) is 18.5 Å². The SMILES string of the molecule is Cn1cnnc1SCC(=O)N(Cc1ccccn1)C[C@H]1CCCO1. The maximum Gasteiger partial charge on any atom is 0.233 e. The molecule has 1 atom stereocenters. The molecular formula is C16H21N5O2S. The van der Waals surface area contributed by atoms with Gasteiger partial charge in [-0.15, -0.1) is 10.2 Å². The summed E-state index contributed by atoms with van der Waals surface area (Å²) in [6.45, 7) is 1.89. The zero-order valence-corrected chi connectivity index (χ0v) is 14.5. The van der Waals surface area contributed by atoms with E-state index in [2.05, 4.69) is 15.2 Å². The van der Waals surface area contributed by atoms with Crippen molar-refractivity contribution in [2.24, 2.45) is 7.05 Å². The Kier molecular flexibility index (Phi) is 5.81. The highest BCUT2D eigenvalue weighted by Crippen LogP contribution is 2.18. The van der Waals surface area contributed by atoms with Gasteiger partial charge in [-0.2, -0.15) is 0 Å². The van der Waals surface area contributed by atoms with Crippen molar-refractivity contribution in [3.05, 3.63) is 36.4 Å². The Hall–Kier alpha value is -1.93. The molecule has 1 saturated heterocycles. The van der Waals surface area contributed by atoms with Crippen LogP contribution in [0.25, 0.3) is 0 Å². The second-order valence-corrected chi connectivity index (χ2v) is 6.69. The van der Waals surface area contributed by atoms with Crippen LogP contribution >= 0.6 is 11.8 Å². The first-order valence-electron chi connectivity index (χ1n) is 7.98. The molecule has 1 aliphatic rings. The third kappa shape index (κ3) is 4.55. The predicted molar refractivity (Wildman–Crippen MR) is 90.4 cm³/mol. The predicted octanol–water partition coefficient (Wildman–Crippen LogP) is 1.51. The minimum atomic E-state index is 0.0594. The van der Waals surface area contributed by atoms with E-state index in [1.165, 1.54) is 11.8 Å². The van der Waals surface area contributed by atoms with Gasteiger partial charge in [0.2, 0.25) is 5.91 Å². The van der Waals surface area contributed by atoms with Gasteiger partial charge in [0.1, 0.15) is 6.33 Å². The van der Waals surface area contributed by atoms with E-state index in [-0.39, 0.29) is 12.0 Å². The van der Waals surface area contributed by atoms with Crippen LogP contribution in [0.4, 0.5) is 0 Å². The zero-order valence-electron chi connectivity index (χ0n) is 13.7. The van der Waals surface area contributed by atoms with Crippen molar-refractivity contribution in [2.45, 2.75) is 30.6 Å². The number of carbonyl (C=O) groups is 1. The highest BCUT2D eigenvalue weighted by Gasteiger charge is 2.23. The number of carbonyl (C=O) groups excluding carboxylic acids is 1. The Labute approximate surface area is 145 Å². The van der Waals surface area contributed by atoms with Gasteiger partial charge in [-0.3, -0.25) is 9.78 Å². The lowest BCUT2D eigenvalue weighted by Crippen LogP contribution is -2.38. The fraction of sp³-hybridized carbons (Fsp3) is 0.500. The highest BCUT2D eigenvalue weighted by atomic mass is 32.2. The number of hydrogen-bond acceptors (Lipinski definition) is 6. The van der Waals surface area contributed by atoms with Crippen LogP contribution in [-0.2, 0) is 23.1 Å². The van der Waals surface area contributed by atoms with Gasteiger partial charge in [0, 0.05) is 26.4 Å². The summed E-state index contributed by atoms with van der Waals surface area (Å²) < 4.78 is 7.50. The van der Waals surface area contributed by atoms with Crippen molar-refractivity contribution in [3.63, 3.8) is 0 Å². The Balaban J connectivity index is 1.63. The minimum Gasteiger partial charge on any atom is -0.376 e. The van der Waals surface area contributed by atoms with Crippen LogP contribution in [0.3, 0.4) is 0 Å². The summed E-state index contributed by atoms with van der Waals surface area (Å²) in [6.07, 6.45) is 5.56. The maximum atomic E-state index is 12.7. The molecule has 24 heavy (non-hydrogen) atoms. The summed E-state index contributed by atoms with van der Waals surface area (Å²) in [4.78, 5) is 18.9. The Morgan fingerprint density at radius 2 is 2.42 bits per heavy atom. The van der Waals surface area contributed by atoms with E-state index in [0.717, 1.165) is 30.3 Å². The maximum absolute atomic E-state index is 12.7. The van der Waals surface area contributed by atoms with E-state index in [1.807, 2.05) is 30.1 Å². The number of thioether (sulfide) groups is 1. The van der Waals surface area contributed by atoms with Gasteiger partial charge in [0.05, 0.1) is 24.1 Å². The summed E-state index contributed by atoms with van der Waals surface area (Å²) in [5, 5.41) is 8.57. The quantitative estimate of drug-likeness (QED) is 0.707. The summed E-state index contributed by atoms with van der Waals surface area (Å²) >= 11 is 1.40. The molecule has 1 aliphatic heterocycles. The van der Waals surface area contributed by atoms with Gasteiger partial charge >= 0.3 is 0 Å². The molecule has 128 valence electrons. The van der Waals surface area contributed by atoms with Crippen LogP contribution in [0.15, 0.2) is 35.9 Å². The van der Waals surface area contributed by atoms with Crippen molar-refractivity contribution in [1.29, 1.82) is 0 Å². The number of pyridine rings is 1. The molecule has 8 heteroatoms. The van der Waals surface area contributed by atoms with Crippen LogP contribution in [0, 0.1) is 0 Å². The monoisotopic (exact) mass is 347 g/mol. The van der Waals surface area contributed by atoms with Gasteiger partial charge in [0.25, 0.3) is 0 Å². The molecule has 0 bridgehead atoms. The molecule has 0 spiro atoms. The fourth-order valence-electron chi connectivity index (χ4n) is 2.60. The molecule has 2 aromatic rings. The second kappa shape index (κ2) is 8.25. The lowest BCUT2D eigenvalue weighted by Gasteiger charge is -2.25. The van der Waals surface area contributed by atoms with Gasteiger partial charge in [-0.1, -0.05) is 17.8 Å². The molecule has 0 aromatic carbocycles. The summed E-state index contributed by atoms with van der Waals surface area (Å²) in [7, 11) is 1.87. The fourth-order valence-corrected chi connectivity index (χ4v) is 3.39. The first-order valence-corrected chi connectivity index (χ1v) is 8.97. The van der Waals surface area contributed by atoms with Crippen molar-refractivity contribution < 1.29 is 9.53 Å². The third-order valence-electron chi connectivity index (χ3n) is 3.87. The van der Waals surface area contributed by atoms with E-state index >= 15 is 0 Å². The zero-order chi connectivity index (χ0) is 16.8. The minimum absolute atomic E-state index is 0.0594. The van der Waals surface area contributed by atoms with Crippen LogP contribution in [0.5, 0.6) is 0 Å². The molecule has 3 heterocycles. The molecule has 0 saturated carbocycles. The molecule has 0 N–H and O–H groups in total. The first kappa shape index (κ1) is 16.9.